The third kappa shape index (κ3) is 3.09. The maximum atomic E-state index is 5.78. The molecule has 102 valence electrons. The van der Waals surface area contributed by atoms with Crippen molar-refractivity contribution in [3.8, 4) is 0 Å². The number of benzene rings is 1. The monoisotopic (exact) mass is 340 g/mol. The molecule has 1 aliphatic heterocycles. The largest absolute Gasteiger partial charge is 0.377 e. The molecule has 0 radical (unpaired) electrons. The SMILES string of the molecule is BrCCOC1CCN(c2nc3ccccc3s2)CC1. The highest BCUT2D eigenvalue weighted by Crippen LogP contribution is 2.30. The van der Waals surface area contributed by atoms with E-state index in [0.717, 1.165) is 48.5 Å². The zero-order chi connectivity index (χ0) is 13.1. The number of thiazole rings is 1. The molecule has 0 amide bonds. The summed E-state index contributed by atoms with van der Waals surface area (Å²) in [6, 6.07) is 8.35. The van der Waals surface area contributed by atoms with Crippen molar-refractivity contribution >= 4 is 42.6 Å². The summed E-state index contributed by atoms with van der Waals surface area (Å²) in [5.74, 6) is 0. The van der Waals surface area contributed by atoms with Crippen molar-refractivity contribution in [3.05, 3.63) is 24.3 Å². The van der Waals surface area contributed by atoms with Crippen molar-refractivity contribution < 1.29 is 4.74 Å². The number of para-hydroxylation sites is 1. The van der Waals surface area contributed by atoms with Crippen molar-refractivity contribution in [2.24, 2.45) is 0 Å². The van der Waals surface area contributed by atoms with Crippen LogP contribution in [0.25, 0.3) is 10.2 Å². The van der Waals surface area contributed by atoms with Crippen molar-refractivity contribution in [1.82, 2.24) is 4.98 Å². The van der Waals surface area contributed by atoms with Crippen LogP contribution in [0.4, 0.5) is 5.13 Å². The van der Waals surface area contributed by atoms with E-state index in [1.54, 1.807) is 11.3 Å². The van der Waals surface area contributed by atoms with Gasteiger partial charge in [-0.2, -0.15) is 0 Å². The minimum absolute atomic E-state index is 0.420. The second-order valence-corrected chi connectivity index (χ2v) is 6.51. The fourth-order valence-corrected chi connectivity index (χ4v) is 3.62. The quantitative estimate of drug-likeness (QED) is 0.794. The molecule has 0 saturated carbocycles. The van der Waals surface area contributed by atoms with Gasteiger partial charge in [-0.1, -0.05) is 39.4 Å². The molecule has 1 aromatic heterocycles. The van der Waals surface area contributed by atoms with Crippen LogP contribution in [-0.2, 0) is 4.74 Å². The first-order chi connectivity index (χ1) is 9.36. The number of piperidine rings is 1. The number of hydrogen-bond acceptors (Lipinski definition) is 4. The summed E-state index contributed by atoms with van der Waals surface area (Å²) in [6.07, 6.45) is 2.62. The number of nitrogens with zero attached hydrogens (tertiary/aromatic N) is 2. The lowest BCUT2D eigenvalue weighted by molar-refractivity contribution is 0.0481. The lowest BCUT2D eigenvalue weighted by Crippen LogP contribution is -2.37. The summed E-state index contributed by atoms with van der Waals surface area (Å²) in [7, 11) is 0. The molecule has 0 bridgehead atoms. The average molecular weight is 341 g/mol. The van der Waals surface area contributed by atoms with Gasteiger partial charge < -0.3 is 9.64 Å². The van der Waals surface area contributed by atoms with Gasteiger partial charge in [-0.15, -0.1) is 0 Å². The van der Waals surface area contributed by atoms with Crippen LogP contribution in [-0.4, -0.2) is 36.1 Å². The summed E-state index contributed by atoms with van der Waals surface area (Å²) >= 11 is 5.19. The van der Waals surface area contributed by atoms with Crippen molar-refractivity contribution in [2.45, 2.75) is 18.9 Å². The number of fused-ring (bicyclic) bond motifs is 1. The second-order valence-electron chi connectivity index (χ2n) is 4.71. The van der Waals surface area contributed by atoms with E-state index in [1.165, 1.54) is 4.70 Å². The van der Waals surface area contributed by atoms with Gasteiger partial charge in [0.1, 0.15) is 0 Å². The Morgan fingerprint density at radius 2 is 2.11 bits per heavy atom. The fourth-order valence-electron chi connectivity index (χ4n) is 2.42. The number of rotatable bonds is 4. The van der Waals surface area contributed by atoms with E-state index in [-0.39, 0.29) is 0 Å². The predicted octanol–water partition coefficient (Wildman–Crippen LogP) is 3.68. The van der Waals surface area contributed by atoms with Crippen molar-refractivity contribution in [1.29, 1.82) is 0 Å². The normalized spacial score (nSPS) is 17.2. The van der Waals surface area contributed by atoms with Gasteiger partial charge in [-0.05, 0) is 25.0 Å². The van der Waals surface area contributed by atoms with Crippen LogP contribution in [0.2, 0.25) is 0 Å². The molecule has 1 fully saturated rings. The van der Waals surface area contributed by atoms with E-state index < -0.39 is 0 Å². The molecule has 1 aliphatic rings. The Labute approximate surface area is 125 Å². The number of alkyl halides is 1. The Balaban J connectivity index is 1.64. The van der Waals surface area contributed by atoms with Gasteiger partial charge in [0.15, 0.2) is 5.13 Å². The van der Waals surface area contributed by atoms with E-state index in [9.17, 15) is 0 Å². The number of halogens is 1. The molecule has 2 aromatic rings. The highest BCUT2D eigenvalue weighted by atomic mass is 79.9. The molecule has 3 rings (SSSR count). The number of ether oxygens (including phenoxy) is 1. The smallest absolute Gasteiger partial charge is 0.186 e. The maximum absolute atomic E-state index is 5.78. The Kier molecular flexibility index (Phi) is 4.35. The Morgan fingerprint density at radius 3 is 2.84 bits per heavy atom. The van der Waals surface area contributed by atoms with E-state index in [2.05, 4.69) is 39.0 Å². The molecule has 3 nitrogen and oxygen atoms in total. The molecule has 1 aromatic carbocycles. The first-order valence-electron chi connectivity index (χ1n) is 6.65. The summed E-state index contributed by atoms with van der Waals surface area (Å²) in [5, 5.41) is 2.07. The minimum atomic E-state index is 0.420. The highest BCUT2D eigenvalue weighted by Gasteiger charge is 2.21. The van der Waals surface area contributed by atoms with Crippen molar-refractivity contribution in [2.75, 3.05) is 29.9 Å². The van der Waals surface area contributed by atoms with Crippen LogP contribution in [0.15, 0.2) is 24.3 Å². The minimum Gasteiger partial charge on any atom is -0.377 e. The molecule has 0 atom stereocenters. The van der Waals surface area contributed by atoms with Gasteiger partial charge in [0.25, 0.3) is 0 Å². The van der Waals surface area contributed by atoms with Crippen LogP contribution in [0.5, 0.6) is 0 Å². The molecule has 5 heteroatoms. The third-order valence-corrected chi connectivity index (χ3v) is 4.85. The highest BCUT2D eigenvalue weighted by molar-refractivity contribution is 9.09. The van der Waals surface area contributed by atoms with Crippen molar-refractivity contribution in [3.63, 3.8) is 0 Å². The number of aromatic nitrogens is 1. The van der Waals surface area contributed by atoms with Crippen LogP contribution in [0, 0.1) is 0 Å². The zero-order valence-electron chi connectivity index (χ0n) is 10.7. The van der Waals surface area contributed by atoms with Gasteiger partial charge in [0, 0.05) is 18.4 Å². The van der Waals surface area contributed by atoms with E-state index >= 15 is 0 Å². The van der Waals surface area contributed by atoms with Crippen LogP contribution >= 0.6 is 27.3 Å². The van der Waals surface area contributed by atoms with E-state index in [1.807, 2.05) is 6.07 Å². The number of anilines is 1. The van der Waals surface area contributed by atoms with Crippen LogP contribution in [0.1, 0.15) is 12.8 Å². The van der Waals surface area contributed by atoms with Gasteiger partial charge in [0.05, 0.1) is 22.9 Å². The Morgan fingerprint density at radius 1 is 1.32 bits per heavy atom. The molecular formula is C14H17BrN2OS. The molecule has 0 spiro atoms. The van der Waals surface area contributed by atoms with Crippen LogP contribution < -0.4 is 4.90 Å². The topological polar surface area (TPSA) is 25.4 Å². The molecule has 1 saturated heterocycles. The molecule has 0 aliphatic carbocycles. The van der Waals surface area contributed by atoms with Gasteiger partial charge >= 0.3 is 0 Å². The lowest BCUT2D eigenvalue weighted by Gasteiger charge is -2.31. The first kappa shape index (κ1) is 13.3. The summed E-state index contributed by atoms with van der Waals surface area (Å²) in [6.45, 7) is 2.91. The van der Waals surface area contributed by atoms with Gasteiger partial charge in [-0.3, -0.25) is 0 Å². The average Bonchev–Trinajstić information content (AvgIpc) is 2.89. The predicted molar refractivity (Wildman–Crippen MR) is 84.6 cm³/mol. The summed E-state index contributed by atoms with van der Waals surface area (Å²) in [5.41, 5.74) is 1.11. The second kappa shape index (κ2) is 6.20. The molecule has 2 heterocycles. The Hall–Kier alpha value is -0.650. The molecule has 19 heavy (non-hydrogen) atoms. The lowest BCUT2D eigenvalue weighted by atomic mass is 10.1. The molecular weight excluding hydrogens is 324 g/mol. The first-order valence-corrected chi connectivity index (χ1v) is 8.58. The molecule has 0 N–H and O–H groups in total. The van der Waals surface area contributed by atoms with Gasteiger partial charge in [0.2, 0.25) is 0 Å². The van der Waals surface area contributed by atoms with Crippen LogP contribution in [0.3, 0.4) is 0 Å². The summed E-state index contributed by atoms with van der Waals surface area (Å²) < 4.78 is 7.06. The zero-order valence-corrected chi connectivity index (χ0v) is 13.1. The van der Waals surface area contributed by atoms with E-state index in [4.69, 9.17) is 9.72 Å². The number of hydrogen-bond donors (Lipinski definition) is 0. The van der Waals surface area contributed by atoms with E-state index in [0.29, 0.717) is 6.10 Å². The third-order valence-electron chi connectivity index (χ3n) is 3.43. The maximum Gasteiger partial charge on any atom is 0.186 e. The molecule has 0 unspecified atom stereocenters. The summed E-state index contributed by atoms with van der Waals surface area (Å²) in [4.78, 5) is 7.11. The standard InChI is InChI=1S/C14H17BrN2OS/c15-7-10-18-11-5-8-17(9-6-11)14-16-12-3-1-2-4-13(12)19-14/h1-4,11H,5-10H2. The van der Waals surface area contributed by atoms with Gasteiger partial charge in [-0.25, -0.2) is 4.98 Å². The Bertz CT molecular complexity index is 504. The fraction of sp³-hybridized carbons (Fsp3) is 0.500.